The van der Waals surface area contributed by atoms with Crippen molar-refractivity contribution in [2.45, 2.75) is 58.4 Å². The molecule has 2 heterocycles. The van der Waals surface area contributed by atoms with Gasteiger partial charge < -0.3 is 14.2 Å². The van der Waals surface area contributed by atoms with Crippen molar-refractivity contribution in [2.75, 3.05) is 36.6 Å². The fourth-order valence-electron chi connectivity index (χ4n) is 3.39. The maximum absolute atomic E-state index is 15.3. The number of anilines is 1. The van der Waals surface area contributed by atoms with Gasteiger partial charge in [-0.15, -0.1) is 18.1 Å². The number of piperidine rings is 1. The lowest BCUT2D eigenvalue weighted by Gasteiger charge is -2.48. The Hall–Kier alpha value is -2.37. The Kier molecular flexibility index (Phi) is 8.89. The van der Waals surface area contributed by atoms with Gasteiger partial charge in [-0.05, 0) is 8.32 Å². The Labute approximate surface area is 215 Å². The number of hydrogen-bond acceptors (Lipinski definition) is 8. The molecule has 0 bridgehead atoms. The Morgan fingerprint density at radius 3 is 2.36 bits per heavy atom. The average Bonchev–Trinajstić information content (AvgIpc) is 2.80. The van der Waals surface area contributed by atoms with E-state index in [1.165, 1.54) is 6.26 Å². The quantitative estimate of drug-likeness (QED) is 0.258. The van der Waals surface area contributed by atoms with Crippen LogP contribution in [-0.4, -0.2) is 64.1 Å². The van der Waals surface area contributed by atoms with Crippen LogP contribution in [0, 0.1) is 5.82 Å². The first kappa shape index (κ1) is 28.2. The number of benzene rings is 1. The second-order valence-electron chi connectivity index (χ2n) is 10.7. The Morgan fingerprint density at radius 1 is 1.14 bits per heavy atom. The molecule has 0 amide bonds. The van der Waals surface area contributed by atoms with E-state index in [4.69, 9.17) is 9.26 Å². The minimum atomic E-state index is -3.06. The van der Waals surface area contributed by atoms with E-state index in [9.17, 15) is 8.42 Å². The summed E-state index contributed by atoms with van der Waals surface area (Å²) in [5.41, 5.74) is 2.49. The second-order valence-corrected chi connectivity index (χ2v) is 17.8. The topological polar surface area (TPSA) is 94.0 Å². The standard InChI is InChI=1S/C25H37FN4O4SSi/c1-25(2,3)36(5,6)34-18-19-8-7-9-22(23(19)26)20-16-27-24(28-17-20)30-12-10-21(11-13-30)29-33-14-15-35(4,31)32/h7-9,16-17H,10-15,18H2,1-6H3/q-1. The van der Waals surface area contributed by atoms with Crippen LogP contribution in [0.3, 0.4) is 0 Å². The van der Waals surface area contributed by atoms with Crippen molar-refractivity contribution in [3.8, 4) is 11.1 Å². The van der Waals surface area contributed by atoms with Crippen LogP contribution in [-0.2, 0) is 25.7 Å². The molecule has 36 heavy (non-hydrogen) atoms. The first-order chi connectivity index (χ1) is 16.8. The van der Waals surface area contributed by atoms with Gasteiger partial charge in [-0.2, -0.15) is 0 Å². The fourth-order valence-corrected chi connectivity index (χ4v) is 4.72. The summed E-state index contributed by atoms with van der Waals surface area (Å²) in [4.78, 5) is 16.1. The highest BCUT2D eigenvalue weighted by atomic mass is 32.2. The molecule has 0 spiro atoms. The van der Waals surface area contributed by atoms with E-state index in [1.807, 2.05) is 11.0 Å². The molecule has 2 aromatic rings. The molecule has 1 saturated heterocycles. The van der Waals surface area contributed by atoms with Crippen LogP contribution in [0.1, 0.15) is 39.2 Å². The maximum Gasteiger partial charge on any atom is 0.225 e. The highest BCUT2D eigenvalue weighted by Gasteiger charge is 2.25. The molecule has 1 aromatic heterocycles. The maximum atomic E-state index is 15.3. The number of sulfone groups is 1. The molecule has 1 aliphatic rings. The van der Waals surface area contributed by atoms with Crippen LogP contribution >= 0.6 is 0 Å². The molecular formula is C25H37FN4O4SSi-. The highest BCUT2D eigenvalue weighted by Crippen LogP contribution is 2.37. The first-order valence-electron chi connectivity index (χ1n) is 12.1. The van der Waals surface area contributed by atoms with Gasteiger partial charge in [0.1, 0.15) is 12.4 Å². The molecular weight excluding hydrogens is 499 g/mol. The summed E-state index contributed by atoms with van der Waals surface area (Å²) in [6.07, 6.45) is 5.82. The fraction of sp³-hybridized carbons (Fsp3) is 0.560. The van der Waals surface area contributed by atoms with E-state index < -0.39 is 18.2 Å². The van der Waals surface area contributed by atoms with Crippen molar-refractivity contribution in [3.63, 3.8) is 0 Å². The molecule has 8 nitrogen and oxygen atoms in total. The van der Waals surface area contributed by atoms with Crippen LogP contribution in [0.25, 0.3) is 11.1 Å². The molecule has 0 N–H and O–H groups in total. The van der Waals surface area contributed by atoms with Gasteiger partial charge in [-0.25, -0.2) is 22.8 Å². The number of halogens is 1. The monoisotopic (exact) mass is 536 g/mol. The van der Waals surface area contributed by atoms with E-state index in [1.54, 1.807) is 24.5 Å². The summed E-state index contributed by atoms with van der Waals surface area (Å²) in [7, 11) is -5.06. The van der Waals surface area contributed by atoms with Crippen LogP contribution in [0.4, 0.5) is 10.3 Å². The van der Waals surface area contributed by atoms with E-state index in [-0.39, 0.29) is 29.8 Å². The third kappa shape index (κ3) is 7.56. The van der Waals surface area contributed by atoms with Gasteiger partial charge in [-0.3, -0.25) is 0 Å². The number of rotatable bonds is 9. The number of aromatic nitrogens is 2. The Bertz CT molecular complexity index is 1170. The van der Waals surface area contributed by atoms with Gasteiger partial charge in [0.2, 0.25) is 5.95 Å². The largest absolute Gasteiger partial charge is 0.561 e. The van der Waals surface area contributed by atoms with Crippen molar-refractivity contribution < 1.29 is 22.1 Å². The molecule has 199 valence electrons. The van der Waals surface area contributed by atoms with Crippen LogP contribution < -0.4 is 4.90 Å². The summed E-state index contributed by atoms with van der Waals surface area (Å²) in [6, 6.07) is 5.33. The smallest absolute Gasteiger partial charge is 0.225 e. The molecule has 0 unspecified atom stereocenters. The zero-order chi connectivity index (χ0) is 26.6. The average molecular weight is 537 g/mol. The van der Waals surface area contributed by atoms with Crippen molar-refractivity contribution in [2.24, 2.45) is 5.16 Å². The number of oxime groups is 1. The third-order valence-electron chi connectivity index (χ3n) is 6.79. The van der Waals surface area contributed by atoms with Gasteiger partial charge >= 0.3 is 0 Å². The Morgan fingerprint density at radius 2 is 1.78 bits per heavy atom. The van der Waals surface area contributed by atoms with E-state index in [0.29, 0.717) is 48.6 Å². The molecule has 0 saturated carbocycles. The molecule has 0 aliphatic carbocycles. The molecule has 0 radical (unpaired) electrons. The van der Waals surface area contributed by atoms with Crippen molar-refractivity contribution in [1.29, 1.82) is 0 Å². The van der Waals surface area contributed by atoms with Crippen LogP contribution in [0.15, 0.2) is 35.7 Å². The lowest BCUT2D eigenvalue weighted by atomic mass is 10.1. The number of nitrogens with zero attached hydrogens (tertiary/aromatic N) is 4. The predicted octanol–water partition coefficient (Wildman–Crippen LogP) is 4.82. The minimum absolute atomic E-state index is 0.0523. The summed E-state index contributed by atoms with van der Waals surface area (Å²) < 4.78 is 43.9. The van der Waals surface area contributed by atoms with E-state index in [0.717, 1.165) is 5.71 Å². The van der Waals surface area contributed by atoms with Gasteiger partial charge in [0.25, 0.3) is 0 Å². The van der Waals surface area contributed by atoms with Gasteiger partial charge in [0, 0.05) is 67.9 Å². The summed E-state index contributed by atoms with van der Waals surface area (Å²) in [5.74, 6) is 0.222. The van der Waals surface area contributed by atoms with Crippen LogP contribution in [0.2, 0.25) is 18.1 Å². The molecule has 1 aliphatic heterocycles. The first-order valence-corrected chi connectivity index (χ1v) is 17.1. The summed E-state index contributed by atoms with van der Waals surface area (Å²) >= 11 is 0. The second kappa shape index (κ2) is 11.3. The van der Waals surface area contributed by atoms with Crippen molar-refractivity contribution in [3.05, 3.63) is 42.0 Å². The lowest BCUT2D eigenvalue weighted by Crippen LogP contribution is -2.40. The molecule has 0 atom stereocenters. The zero-order valence-electron chi connectivity index (χ0n) is 22.0. The zero-order valence-corrected chi connectivity index (χ0v) is 23.9. The summed E-state index contributed by atoms with van der Waals surface area (Å²) in [5, 5.41) is 4.12. The number of hydrogen-bond donors (Lipinski definition) is 0. The Balaban J connectivity index is 1.61. The predicted molar refractivity (Wildman–Crippen MR) is 144 cm³/mol. The molecule has 11 heteroatoms. The van der Waals surface area contributed by atoms with Gasteiger partial charge in [0.05, 0.1) is 11.5 Å². The normalized spacial score (nSPS) is 15.2. The minimum Gasteiger partial charge on any atom is -0.561 e. The lowest BCUT2D eigenvalue weighted by molar-refractivity contribution is 0.158. The molecule has 1 aromatic carbocycles. The SMILES string of the molecule is CC(C)(C)[Si-](C)(C)OCc1cccc(-c2cnc(N3CCC(=NOCCS(C)(=O)=O)CC3)nc2)c1F. The van der Waals surface area contributed by atoms with Crippen molar-refractivity contribution >= 4 is 29.8 Å². The molecule has 3 rings (SSSR count). The van der Waals surface area contributed by atoms with E-state index >= 15 is 4.39 Å². The van der Waals surface area contributed by atoms with E-state index in [2.05, 4.69) is 49.0 Å². The summed E-state index contributed by atoms with van der Waals surface area (Å²) in [6.45, 7) is 12.4. The van der Waals surface area contributed by atoms with Crippen molar-refractivity contribution in [1.82, 2.24) is 9.97 Å². The third-order valence-corrected chi connectivity index (χ3v) is 12.2. The molecule has 1 fully saturated rings. The highest BCUT2D eigenvalue weighted by molar-refractivity contribution is 7.90. The van der Waals surface area contributed by atoms with Crippen LogP contribution in [0.5, 0.6) is 0 Å². The van der Waals surface area contributed by atoms with Gasteiger partial charge in [0.15, 0.2) is 9.84 Å². The van der Waals surface area contributed by atoms with Gasteiger partial charge in [-0.1, -0.05) is 44.1 Å².